The Kier molecular flexibility index (Phi) is 5.01. The monoisotopic (exact) mass is 451 g/mol. The number of H-pyrrole nitrogens is 1. The summed E-state index contributed by atoms with van der Waals surface area (Å²) in [5.41, 5.74) is 3.64. The third-order valence-corrected chi connectivity index (χ3v) is 8.02. The summed E-state index contributed by atoms with van der Waals surface area (Å²) in [5.74, 6) is 2.05. The number of nitrogens with zero attached hydrogens (tertiary/aromatic N) is 4. The minimum absolute atomic E-state index is 0.0161. The fraction of sp³-hybridized carbons (Fsp3) is 0.391. The molecular formula is C23H25N5OS2. The van der Waals surface area contributed by atoms with E-state index in [0.29, 0.717) is 11.6 Å². The van der Waals surface area contributed by atoms with Crippen LogP contribution in [0.4, 0.5) is 0 Å². The van der Waals surface area contributed by atoms with Crippen LogP contribution in [0.5, 0.6) is 0 Å². The Hall–Kier alpha value is -2.45. The van der Waals surface area contributed by atoms with Crippen molar-refractivity contribution in [2.24, 2.45) is 7.05 Å². The van der Waals surface area contributed by atoms with Crippen LogP contribution in [0.2, 0.25) is 0 Å². The van der Waals surface area contributed by atoms with Crippen molar-refractivity contribution in [3.8, 4) is 11.4 Å². The van der Waals surface area contributed by atoms with Crippen LogP contribution < -0.4 is 5.56 Å². The number of aromatic amines is 1. The van der Waals surface area contributed by atoms with E-state index >= 15 is 0 Å². The van der Waals surface area contributed by atoms with Crippen LogP contribution in [0, 0.1) is 0 Å². The zero-order valence-corrected chi connectivity index (χ0v) is 19.8. The van der Waals surface area contributed by atoms with Crippen molar-refractivity contribution < 1.29 is 0 Å². The molecule has 8 heteroatoms. The molecule has 0 radical (unpaired) electrons. The van der Waals surface area contributed by atoms with E-state index < -0.39 is 0 Å². The van der Waals surface area contributed by atoms with Gasteiger partial charge in [0.15, 0.2) is 11.0 Å². The zero-order chi connectivity index (χ0) is 21.8. The number of thioether (sulfide) groups is 1. The first-order chi connectivity index (χ1) is 14.8. The number of aromatic nitrogens is 5. The van der Waals surface area contributed by atoms with Gasteiger partial charge in [-0.2, -0.15) is 0 Å². The Bertz CT molecular complexity index is 1330. The number of rotatable bonds is 4. The molecule has 0 unspecified atom stereocenters. The second kappa shape index (κ2) is 7.60. The van der Waals surface area contributed by atoms with Gasteiger partial charge in [-0.1, -0.05) is 56.8 Å². The molecule has 1 N–H and O–H groups in total. The third kappa shape index (κ3) is 3.72. The van der Waals surface area contributed by atoms with Gasteiger partial charge in [-0.25, -0.2) is 4.98 Å². The molecule has 160 valence electrons. The van der Waals surface area contributed by atoms with Crippen LogP contribution in [0.3, 0.4) is 0 Å². The molecule has 0 spiro atoms. The van der Waals surface area contributed by atoms with Crippen molar-refractivity contribution >= 4 is 33.3 Å². The van der Waals surface area contributed by atoms with Gasteiger partial charge in [-0.15, -0.1) is 21.5 Å². The first-order valence-corrected chi connectivity index (χ1v) is 12.3. The molecule has 0 amide bonds. The lowest BCUT2D eigenvalue weighted by Crippen LogP contribution is -2.11. The Morgan fingerprint density at radius 1 is 1.16 bits per heavy atom. The molecule has 4 aromatic rings. The van der Waals surface area contributed by atoms with Gasteiger partial charge < -0.3 is 9.55 Å². The average molecular weight is 452 g/mol. The predicted molar refractivity (Wildman–Crippen MR) is 127 cm³/mol. The number of nitrogens with one attached hydrogen (secondary N) is 1. The van der Waals surface area contributed by atoms with Crippen molar-refractivity contribution in [3.05, 3.63) is 56.4 Å². The molecule has 5 rings (SSSR count). The number of benzene rings is 1. The standard InChI is InChI=1S/C23H25N5OS2/c1-23(2,3)14-10-8-13(9-11-14)19-26-27-22(28(19)4)30-12-17-24-20(29)18-15-6-5-7-16(15)31-21(18)25-17/h8-11H,5-7,12H2,1-4H3,(H,24,25,29). The summed E-state index contributed by atoms with van der Waals surface area (Å²) in [5, 5.41) is 10.4. The quantitative estimate of drug-likeness (QED) is 0.449. The van der Waals surface area contributed by atoms with Crippen molar-refractivity contribution in [1.29, 1.82) is 0 Å². The first kappa shape index (κ1) is 20.5. The molecule has 0 saturated heterocycles. The molecule has 1 aliphatic rings. The topological polar surface area (TPSA) is 76.5 Å². The summed E-state index contributed by atoms with van der Waals surface area (Å²) in [4.78, 5) is 22.5. The van der Waals surface area contributed by atoms with Crippen LogP contribution in [0.25, 0.3) is 21.6 Å². The minimum atomic E-state index is -0.0161. The van der Waals surface area contributed by atoms with E-state index in [4.69, 9.17) is 4.98 Å². The fourth-order valence-corrected chi connectivity index (χ4v) is 6.12. The van der Waals surface area contributed by atoms with E-state index in [0.717, 1.165) is 46.0 Å². The lowest BCUT2D eigenvalue weighted by atomic mass is 9.87. The molecule has 1 aromatic carbocycles. The molecule has 6 nitrogen and oxygen atoms in total. The zero-order valence-electron chi connectivity index (χ0n) is 18.2. The highest BCUT2D eigenvalue weighted by molar-refractivity contribution is 7.98. The van der Waals surface area contributed by atoms with E-state index in [1.165, 1.54) is 27.8 Å². The fourth-order valence-electron chi connectivity index (χ4n) is 4.06. The molecule has 0 aliphatic heterocycles. The van der Waals surface area contributed by atoms with Crippen LogP contribution >= 0.6 is 23.1 Å². The third-order valence-electron chi connectivity index (χ3n) is 5.81. The normalized spacial score (nSPS) is 13.8. The summed E-state index contributed by atoms with van der Waals surface area (Å²) in [6, 6.07) is 8.50. The largest absolute Gasteiger partial charge is 0.309 e. The number of aryl methyl sites for hydroxylation is 2. The number of hydrogen-bond acceptors (Lipinski definition) is 6. The van der Waals surface area contributed by atoms with Crippen molar-refractivity contribution in [2.45, 2.75) is 56.4 Å². The van der Waals surface area contributed by atoms with Gasteiger partial charge in [0.25, 0.3) is 5.56 Å². The summed E-state index contributed by atoms with van der Waals surface area (Å²) in [6.45, 7) is 6.62. The lowest BCUT2D eigenvalue weighted by Gasteiger charge is -2.19. The molecule has 0 saturated carbocycles. The van der Waals surface area contributed by atoms with Crippen LogP contribution in [0.15, 0.2) is 34.2 Å². The van der Waals surface area contributed by atoms with Gasteiger partial charge >= 0.3 is 0 Å². The number of hydrogen-bond donors (Lipinski definition) is 1. The Morgan fingerprint density at radius 3 is 2.68 bits per heavy atom. The minimum Gasteiger partial charge on any atom is -0.309 e. The average Bonchev–Trinajstić information content (AvgIpc) is 3.40. The summed E-state index contributed by atoms with van der Waals surface area (Å²) < 4.78 is 1.99. The van der Waals surface area contributed by atoms with E-state index in [1.807, 2.05) is 11.6 Å². The Morgan fingerprint density at radius 2 is 1.94 bits per heavy atom. The number of fused-ring (bicyclic) bond motifs is 3. The Balaban J connectivity index is 1.36. The molecular weight excluding hydrogens is 426 g/mol. The second-order valence-corrected chi connectivity index (χ2v) is 11.1. The first-order valence-electron chi connectivity index (χ1n) is 10.5. The maximum Gasteiger partial charge on any atom is 0.259 e. The molecule has 0 fully saturated rings. The highest BCUT2D eigenvalue weighted by atomic mass is 32.2. The SMILES string of the molecule is Cn1c(SCc2nc3sc4c(c3c(=O)[nH]2)CCC4)nnc1-c1ccc(C(C)(C)C)cc1. The smallest absolute Gasteiger partial charge is 0.259 e. The second-order valence-electron chi connectivity index (χ2n) is 9.03. The predicted octanol–water partition coefficient (Wildman–Crippen LogP) is 4.86. The van der Waals surface area contributed by atoms with Crippen LogP contribution in [0.1, 0.15) is 49.0 Å². The van der Waals surface area contributed by atoms with Crippen molar-refractivity contribution in [2.75, 3.05) is 0 Å². The van der Waals surface area contributed by atoms with Crippen molar-refractivity contribution in [1.82, 2.24) is 24.7 Å². The van der Waals surface area contributed by atoms with Gasteiger partial charge in [0.2, 0.25) is 0 Å². The maximum absolute atomic E-state index is 12.7. The molecule has 3 aromatic heterocycles. The lowest BCUT2D eigenvalue weighted by molar-refractivity contribution is 0.590. The highest BCUT2D eigenvalue weighted by Crippen LogP contribution is 2.35. The highest BCUT2D eigenvalue weighted by Gasteiger charge is 2.21. The molecule has 31 heavy (non-hydrogen) atoms. The summed E-state index contributed by atoms with van der Waals surface area (Å²) in [7, 11) is 1.97. The van der Waals surface area contributed by atoms with E-state index in [-0.39, 0.29) is 11.0 Å². The molecule has 0 atom stereocenters. The molecule has 1 aliphatic carbocycles. The van der Waals surface area contributed by atoms with Gasteiger partial charge in [-0.3, -0.25) is 4.79 Å². The van der Waals surface area contributed by atoms with Gasteiger partial charge in [0.1, 0.15) is 10.7 Å². The van der Waals surface area contributed by atoms with E-state index in [9.17, 15) is 4.79 Å². The number of thiophene rings is 1. The molecule has 0 bridgehead atoms. The van der Waals surface area contributed by atoms with Gasteiger partial charge in [0, 0.05) is 17.5 Å². The van der Waals surface area contributed by atoms with E-state index in [2.05, 4.69) is 60.2 Å². The van der Waals surface area contributed by atoms with E-state index in [1.54, 1.807) is 11.3 Å². The van der Waals surface area contributed by atoms with Crippen LogP contribution in [-0.2, 0) is 31.1 Å². The van der Waals surface area contributed by atoms with Gasteiger partial charge in [-0.05, 0) is 35.8 Å². The summed E-state index contributed by atoms with van der Waals surface area (Å²) >= 11 is 3.20. The van der Waals surface area contributed by atoms with Crippen molar-refractivity contribution in [3.63, 3.8) is 0 Å². The summed E-state index contributed by atoms with van der Waals surface area (Å²) in [6.07, 6.45) is 3.20. The Labute approximate surface area is 189 Å². The van der Waals surface area contributed by atoms with Gasteiger partial charge in [0.05, 0.1) is 11.1 Å². The molecule has 3 heterocycles. The maximum atomic E-state index is 12.7. The van der Waals surface area contributed by atoms with Crippen LogP contribution in [-0.4, -0.2) is 24.7 Å².